The van der Waals surface area contributed by atoms with Crippen LogP contribution in [0, 0.1) is 11.7 Å². The van der Waals surface area contributed by atoms with Crippen molar-refractivity contribution in [2.75, 3.05) is 52.5 Å². The zero-order valence-corrected chi connectivity index (χ0v) is 21.3. The minimum atomic E-state index is -0.414. The molecule has 2 fully saturated rings. The maximum atomic E-state index is 14.6. The van der Waals surface area contributed by atoms with Gasteiger partial charge in [0.15, 0.2) is 0 Å². The monoisotopic (exact) mass is 495 g/mol. The van der Waals surface area contributed by atoms with Gasteiger partial charge in [-0.1, -0.05) is 36.4 Å². The first-order valence-electron chi connectivity index (χ1n) is 13.4. The quantitative estimate of drug-likeness (QED) is 0.604. The second kappa shape index (κ2) is 11.7. The highest BCUT2D eigenvalue weighted by molar-refractivity contribution is 5.76. The molecule has 1 amide bonds. The van der Waals surface area contributed by atoms with Crippen molar-refractivity contribution in [1.82, 2.24) is 14.7 Å². The van der Waals surface area contributed by atoms with Crippen LogP contribution in [-0.4, -0.2) is 79.1 Å². The Hall–Kier alpha value is -2.48. The largest absolute Gasteiger partial charge is 0.484 e. The SMILES string of the molecule is CC(C1CCN(C(=O)CCN2Cc3ccccc3OC(c3ccccc3F)C2)CC1)N1CCOCC1. The summed E-state index contributed by atoms with van der Waals surface area (Å²) in [5.41, 5.74) is 1.63. The van der Waals surface area contributed by atoms with Crippen LogP contribution in [0.5, 0.6) is 5.75 Å². The zero-order valence-electron chi connectivity index (χ0n) is 21.3. The molecule has 0 aliphatic carbocycles. The number of morpholine rings is 1. The summed E-state index contributed by atoms with van der Waals surface area (Å²) in [4.78, 5) is 19.9. The molecule has 0 aromatic heterocycles. The van der Waals surface area contributed by atoms with Gasteiger partial charge in [-0.2, -0.15) is 0 Å². The predicted octanol–water partition coefficient (Wildman–Crippen LogP) is 4.11. The summed E-state index contributed by atoms with van der Waals surface area (Å²) in [6.07, 6.45) is 2.17. The van der Waals surface area contributed by atoms with Gasteiger partial charge in [-0.3, -0.25) is 14.6 Å². The van der Waals surface area contributed by atoms with E-state index in [2.05, 4.69) is 16.7 Å². The number of hydrogen-bond acceptors (Lipinski definition) is 5. The summed E-state index contributed by atoms with van der Waals surface area (Å²) in [5, 5.41) is 0. The van der Waals surface area contributed by atoms with Gasteiger partial charge in [-0.25, -0.2) is 4.39 Å². The molecule has 2 aromatic rings. The number of benzene rings is 2. The lowest BCUT2D eigenvalue weighted by atomic mass is 9.89. The van der Waals surface area contributed by atoms with Crippen LogP contribution in [0.1, 0.15) is 43.4 Å². The molecule has 2 unspecified atom stereocenters. The number of fused-ring (bicyclic) bond motifs is 1. The van der Waals surface area contributed by atoms with Crippen LogP contribution >= 0.6 is 0 Å². The molecule has 2 aromatic carbocycles. The second-order valence-corrected chi connectivity index (χ2v) is 10.3. The minimum absolute atomic E-state index is 0.216. The number of likely N-dealkylation sites (tertiary alicyclic amines) is 1. The van der Waals surface area contributed by atoms with E-state index in [4.69, 9.17) is 9.47 Å². The average molecular weight is 496 g/mol. The summed E-state index contributed by atoms with van der Waals surface area (Å²) in [7, 11) is 0. The van der Waals surface area contributed by atoms with Gasteiger partial charge < -0.3 is 14.4 Å². The van der Waals surface area contributed by atoms with Crippen molar-refractivity contribution < 1.29 is 18.7 Å². The van der Waals surface area contributed by atoms with E-state index in [0.29, 0.717) is 43.6 Å². The zero-order chi connectivity index (χ0) is 24.9. The maximum absolute atomic E-state index is 14.6. The molecular weight excluding hydrogens is 457 g/mol. The molecule has 0 N–H and O–H groups in total. The van der Waals surface area contributed by atoms with Crippen molar-refractivity contribution in [2.45, 2.75) is 44.9 Å². The molecular formula is C29H38FN3O3. The molecule has 5 rings (SSSR count). The Kier molecular flexibility index (Phi) is 8.19. The highest BCUT2D eigenvalue weighted by Gasteiger charge is 2.31. The number of hydrogen-bond donors (Lipinski definition) is 0. The van der Waals surface area contributed by atoms with Crippen LogP contribution in [0.2, 0.25) is 0 Å². The molecule has 2 saturated heterocycles. The molecule has 0 saturated carbocycles. The van der Waals surface area contributed by atoms with E-state index < -0.39 is 6.10 Å². The normalized spacial score (nSPS) is 22.9. The number of ether oxygens (including phenoxy) is 2. The van der Waals surface area contributed by atoms with Crippen LogP contribution in [0.4, 0.5) is 4.39 Å². The molecule has 3 aliphatic rings. The van der Waals surface area contributed by atoms with Crippen molar-refractivity contribution in [2.24, 2.45) is 5.92 Å². The highest BCUT2D eigenvalue weighted by atomic mass is 19.1. The molecule has 0 radical (unpaired) electrons. The Morgan fingerprint density at radius 3 is 2.53 bits per heavy atom. The van der Waals surface area contributed by atoms with Gasteiger partial charge in [0.2, 0.25) is 5.91 Å². The Labute approximate surface area is 214 Å². The van der Waals surface area contributed by atoms with E-state index in [-0.39, 0.29) is 11.7 Å². The number of amides is 1. The first-order valence-corrected chi connectivity index (χ1v) is 13.4. The predicted molar refractivity (Wildman–Crippen MR) is 137 cm³/mol. The van der Waals surface area contributed by atoms with E-state index in [9.17, 15) is 9.18 Å². The highest BCUT2D eigenvalue weighted by Crippen LogP contribution is 2.32. The molecule has 2 atom stereocenters. The summed E-state index contributed by atoms with van der Waals surface area (Å²) in [6.45, 7) is 9.54. The van der Waals surface area contributed by atoms with E-state index in [0.717, 1.165) is 63.5 Å². The van der Waals surface area contributed by atoms with Gasteiger partial charge in [0.05, 0.1) is 13.2 Å². The Morgan fingerprint density at radius 2 is 1.75 bits per heavy atom. The van der Waals surface area contributed by atoms with Gasteiger partial charge in [0, 0.05) is 69.4 Å². The fourth-order valence-corrected chi connectivity index (χ4v) is 5.87. The van der Waals surface area contributed by atoms with Gasteiger partial charge in [0.1, 0.15) is 17.7 Å². The first kappa shape index (κ1) is 25.2. The van der Waals surface area contributed by atoms with Crippen LogP contribution in [-0.2, 0) is 16.1 Å². The molecule has 194 valence electrons. The minimum Gasteiger partial charge on any atom is -0.484 e. The van der Waals surface area contributed by atoms with E-state index in [1.165, 1.54) is 6.07 Å². The Morgan fingerprint density at radius 1 is 1.03 bits per heavy atom. The van der Waals surface area contributed by atoms with E-state index in [1.54, 1.807) is 12.1 Å². The maximum Gasteiger partial charge on any atom is 0.223 e. The molecule has 36 heavy (non-hydrogen) atoms. The van der Waals surface area contributed by atoms with Crippen LogP contribution in [0.15, 0.2) is 48.5 Å². The van der Waals surface area contributed by atoms with Gasteiger partial charge in [-0.05, 0) is 37.8 Å². The second-order valence-electron chi connectivity index (χ2n) is 10.3. The lowest BCUT2D eigenvalue weighted by molar-refractivity contribution is -0.133. The van der Waals surface area contributed by atoms with Crippen LogP contribution < -0.4 is 4.74 Å². The third-order valence-electron chi connectivity index (χ3n) is 8.15. The lowest BCUT2D eigenvalue weighted by Gasteiger charge is -2.41. The van der Waals surface area contributed by atoms with E-state index in [1.807, 2.05) is 35.2 Å². The number of rotatable bonds is 6. The average Bonchev–Trinajstić information content (AvgIpc) is 3.11. The molecule has 3 aliphatic heterocycles. The molecule has 3 heterocycles. The number of para-hydroxylation sites is 1. The smallest absolute Gasteiger partial charge is 0.223 e. The third kappa shape index (κ3) is 5.90. The standard InChI is InChI=1S/C29H38FN3O3/c1-22(32-16-18-35-19-17-32)23-10-14-33(15-11-23)29(34)12-13-31-20-24-6-2-5-9-27(24)36-28(21-31)25-7-3-4-8-26(25)30/h2-9,22-23,28H,10-21H2,1H3. The fourth-order valence-electron chi connectivity index (χ4n) is 5.87. The summed E-state index contributed by atoms with van der Waals surface area (Å²) >= 11 is 0. The number of carbonyl (C=O) groups excluding carboxylic acids is 1. The number of nitrogens with zero attached hydrogens (tertiary/aromatic N) is 3. The van der Waals surface area contributed by atoms with Crippen molar-refractivity contribution >= 4 is 5.91 Å². The number of carbonyl (C=O) groups is 1. The molecule has 6 nitrogen and oxygen atoms in total. The van der Waals surface area contributed by atoms with Crippen LogP contribution in [0.25, 0.3) is 0 Å². The molecule has 7 heteroatoms. The van der Waals surface area contributed by atoms with Crippen molar-refractivity contribution in [3.63, 3.8) is 0 Å². The number of piperidine rings is 1. The van der Waals surface area contributed by atoms with Crippen molar-refractivity contribution in [1.29, 1.82) is 0 Å². The summed E-state index contributed by atoms with van der Waals surface area (Å²) in [5.74, 6) is 1.38. The van der Waals surface area contributed by atoms with Gasteiger partial charge >= 0.3 is 0 Å². The van der Waals surface area contributed by atoms with Crippen molar-refractivity contribution in [3.8, 4) is 5.75 Å². The first-order chi connectivity index (χ1) is 17.6. The topological polar surface area (TPSA) is 45.2 Å². The summed E-state index contributed by atoms with van der Waals surface area (Å²) in [6, 6.07) is 15.3. The Bertz CT molecular complexity index is 1020. The lowest BCUT2D eigenvalue weighted by Crippen LogP contribution is -2.49. The van der Waals surface area contributed by atoms with Crippen LogP contribution in [0.3, 0.4) is 0 Å². The number of halogens is 1. The summed E-state index contributed by atoms with van der Waals surface area (Å²) < 4.78 is 26.4. The fraction of sp³-hybridized carbons (Fsp3) is 0.552. The molecule has 0 bridgehead atoms. The van der Waals surface area contributed by atoms with E-state index >= 15 is 0 Å². The Balaban J connectivity index is 1.17. The van der Waals surface area contributed by atoms with Gasteiger partial charge in [0.25, 0.3) is 0 Å². The van der Waals surface area contributed by atoms with Gasteiger partial charge in [-0.15, -0.1) is 0 Å². The molecule has 0 spiro atoms. The van der Waals surface area contributed by atoms with Crippen molar-refractivity contribution in [3.05, 3.63) is 65.5 Å². The third-order valence-corrected chi connectivity index (χ3v) is 8.15.